The topological polar surface area (TPSA) is 126 Å². The first-order valence-electron chi connectivity index (χ1n) is 9.34. The monoisotopic (exact) mass is 425 g/mol. The summed E-state index contributed by atoms with van der Waals surface area (Å²) in [4.78, 5) is 16.3. The van der Waals surface area contributed by atoms with E-state index >= 15 is 0 Å². The van der Waals surface area contributed by atoms with Crippen LogP contribution in [0.5, 0.6) is 0 Å². The van der Waals surface area contributed by atoms with Crippen molar-refractivity contribution < 1.29 is 22.1 Å². The lowest BCUT2D eigenvalue weighted by molar-refractivity contribution is 0.223. The number of sulfonamides is 1. The zero-order chi connectivity index (χ0) is 20.9. The molecule has 0 atom stereocenters. The maximum atomic E-state index is 13.3. The van der Waals surface area contributed by atoms with Gasteiger partial charge in [0.1, 0.15) is 5.82 Å². The number of rotatable bonds is 7. The summed E-state index contributed by atoms with van der Waals surface area (Å²) in [7, 11) is -3.39. The number of carbonyl (C=O) groups is 1. The van der Waals surface area contributed by atoms with Crippen molar-refractivity contribution in [3.8, 4) is 11.4 Å². The molecule has 2 amide bonds. The average Bonchev–Trinajstić information content (AvgIpc) is 3.13. The van der Waals surface area contributed by atoms with Crippen LogP contribution in [0.1, 0.15) is 38.0 Å². The molecule has 2 aromatic rings. The number of amides is 2. The van der Waals surface area contributed by atoms with Gasteiger partial charge in [0, 0.05) is 12.1 Å². The number of halogens is 1. The SMILES string of the molecule is CS(=O)(=O)NC1(CNC(=O)NCc2nc(-c3cccc(F)c3)no2)CCCCC1. The van der Waals surface area contributed by atoms with E-state index in [1.807, 2.05) is 0 Å². The van der Waals surface area contributed by atoms with Crippen LogP contribution in [0.4, 0.5) is 9.18 Å². The van der Waals surface area contributed by atoms with Crippen molar-refractivity contribution in [3.63, 3.8) is 0 Å². The molecule has 158 valence electrons. The van der Waals surface area contributed by atoms with E-state index in [-0.39, 0.29) is 24.8 Å². The second kappa shape index (κ2) is 8.87. The molecule has 0 unspecified atom stereocenters. The largest absolute Gasteiger partial charge is 0.337 e. The highest BCUT2D eigenvalue weighted by Crippen LogP contribution is 2.28. The van der Waals surface area contributed by atoms with E-state index in [2.05, 4.69) is 25.5 Å². The predicted molar refractivity (Wildman–Crippen MR) is 104 cm³/mol. The normalized spacial score (nSPS) is 16.3. The Morgan fingerprint density at radius 2 is 2.00 bits per heavy atom. The summed E-state index contributed by atoms with van der Waals surface area (Å²) in [6.45, 7) is 0.172. The number of hydrogen-bond donors (Lipinski definition) is 3. The number of hydrogen-bond acceptors (Lipinski definition) is 6. The first-order chi connectivity index (χ1) is 13.7. The minimum atomic E-state index is -3.39. The number of nitrogens with one attached hydrogen (secondary N) is 3. The molecule has 0 saturated heterocycles. The summed E-state index contributed by atoms with van der Waals surface area (Å²) >= 11 is 0. The van der Waals surface area contributed by atoms with E-state index in [1.54, 1.807) is 6.07 Å². The van der Waals surface area contributed by atoms with Gasteiger partial charge in [-0.1, -0.05) is 36.6 Å². The second-order valence-electron chi connectivity index (χ2n) is 7.27. The number of urea groups is 1. The molecule has 1 aliphatic rings. The molecule has 0 bridgehead atoms. The molecular weight excluding hydrogens is 401 g/mol. The van der Waals surface area contributed by atoms with Crippen LogP contribution in [0.15, 0.2) is 28.8 Å². The molecular formula is C18H24FN5O4S. The van der Waals surface area contributed by atoms with Gasteiger partial charge in [0.2, 0.25) is 21.7 Å². The molecule has 3 N–H and O–H groups in total. The fourth-order valence-electron chi connectivity index (χ4n) is 3.48. The van der Waals surface area contributed by atoms with Crippen molar-refractivity contribution in [2.75, 3.05) is 12.8 Å². The zero-order valence-corrected chi connectivity index (χ0v) is 16.9. The van der Waals surface area contributed by atoms with Gasteiger partial charge in [-0.25, -0.2) is 22.3 Å². The first-order valence-corrected chi connectivity index (χ1v) is 11.2. The van der Waals surface area contributed by atoms with E-state index in [0.717, 1.165) is 25.5 Å². The molecule has 1 aromatic carbocycles. The van der Waals surface area contributed by atoms with Crippen molar-refractivity contribution in [3.05, 3.63) is 36.0 Å². The molecule has 1 heterocycles. The Balaban J connectivity index is 1.53. The van der Waals surface area contributed by atoms with Crippen LogP contribution in [-0.2, 0) is 16.6 Å². The van der Waals surface area contributed by atoms with Gasteiger partial charge in [-0.3, -0.25) is 0 Å². The Morgan fingerprint density at radius 3 is 2.69 bits per heavy atom. The van der Waals surface area contributed by atoms with E-state index in [9.17, 15) is 17.6 Å². The van der Waals surface area contributed by atoms with Crippen molar-refractivity contribution in [1.82, 2.24) is 25.5 Å². The molecule has 1 fully saturated rings. The molecule has 0 spiro atoms. The summed E-state index contributed by atoms with van der Waals surface area (Å²) < 4.78 is 44.5. The third-order valence-electron chi connectivity index (χ3n) is 4.75. The Morgan fingerprint density at radius 1 is 1.24 bits per heavy atom. The average molecular weight is 425 g/mol. The lowest BCUT2D eigenvalue weighted by Crippen LogP contribution is -2.57. The highest BCUT2D eigenvalue weighted by molar-refractivity contribution is 7.88. The van der Waals surface area contributed by atoms with Crippen molar-refractivity contribution >= 4 is 16.1 Å². The lowest BCUT2D eigenvalue weighted by atomic mass is 9.82. The molecule has 1 aromatic heterocycles. The third kappa shape index (κ3) is 6.23. The summed E-state index contributed by atoms with van der Waals surface area (Å²) in [5.74, 6) is -0.0213. The van der Waals surface area contributed by atoms with Crippen LogP contribution in [0.25, 0.3) is 11.4 Å². The molecule has 29 heavy (non-hydrogen) atoms. The first kappa shape index (κ1) is 21.2. The number of nitrogens with zero attached hydrogens (tertiary/aromatic N) is 2. The summed E-state index contributed by atoms with van der Waals surface area (Å²) in [6.07, 6.45) is 5.30. The molecule has 1 aliphatic carbocycles. The Bertz CT molecular complexity index is 957. The summed E-state index contributed by atoms with van der Waals surface area (Å²) in [5.41, 5.74) is -0.200. The van der Waals surface area contributed by atoms with Crippen LogP contribution in [0.2, 0.25) is 0 Å². The van der Waals surface area contributed by atoms with E-state index < -0.39 is 27.4 Å². The van der Waals surface area contributed by atoms with Crippen molar-refractivity contribution in [1.29, 1.82) is 0 Å². The summed E-state index contributed by atoms with van der Waals surface area (Å²) in [5, 5.41) is 9.09. The van der Waals surface area contributed by atoms with Gasteiger partial charge < -0.3 is 15.2 Å². The van der Waals surface area contributed by atoms with Crippen LogP contribution in [-0.4, -0.2) is 42.9 Å². The van der Waals surface area contributed by atoms with Gasteiger partial charge in [-0.05, 0) is 25.0 Å². The van der Waals surface area contributed by atoms with Gasteiger partial charge in [0.15, 0.2) is 0 Å². The zero-order valence-electron chi connectivity index (χ0n) is 16.1. The van der Waals surface area contributed by atoms with Crippen molar-refractivity contribution in [2.45, 2.75) is 44.2 Å². The minimum Gasteiger partial charge on any atom is -0.337 e. The molecule has 9 nitrogen and oxygen atoms in total. The molecule has 3 rings (SSSR count). The Kier molecular flexibility index (Phi) is 6.48. The molecule has 0 radical (unpaired) electrons. The summed E-state index contributed by atoms with van der Waals surface area (Å²) in [6, 6.07) is 5.31. The fourth-order valence-corrected chi connectivity index (χ4v) is 4.54. The minimum absolute atomic E-state index is 0.0132. The van der Waals surface area contributed by atoms with Crippen LogP contribution in [0.3, 0.4) is 0 Å². The molecule has 1 saturated carbocycles. The predicted octanol–water partition coefficient (Wildman–Crippen LogP) is 1.93. The quantitative estimate of drug-likeness (QED) is 0.622. The number of aromatic nitrogens is 2. The second-order valence-corrected chi connectivity index (χ2v) is 9.02. The molecule has 0 aliphatic heterocycles. The maximum Gasteiger partial charge on any atom is 0.315 e. The Labute approximate surface area is 168 Å². The van der Waals surface area contributed by atoms with E-state index in [1.165, 1.54) is 18.2 Å². The van der Waals surface area contributed by atoms with Crippen LogP contribution >= 0.6 is 0 Å². The van der Waals surface area contributed by atoms with Crippen LogP contribution in [0, 0.1) is 5.82 Å². The standard InChI is InChI=1S/C18H24FN5O4S/c1-29(26,27)24-18(8-3-2-4-9-18)12-21-17(25)20-11-15-22-16(23-28-15)13-6-5-7-14(19)10-13/h5-7,10,24H,2-4,8-9,11-12H2,1H3,(H2,20,21,25). The van der Waals surface area contributed by atoms with Crippen molar-refractivity contribution in [2.24, 2.45) is 0 Å². The van der Waals surface area contributed by atoms with Gasteiger partial charge >= 0.3 is 6.03 Å². The fraction of sp³-hybridized carbons (Fsp3) is 0.500. The van der Waals surface area contributed by atoms with Gasteiger partial charge in [-0.15, -0.1) is 0 Å². The number of benzene rings is 1. The lowest BCUT2D eigenvalue weighted by Gasteiger charge is -2.37. The van der Waals surface area contributed by atoms with Gasteiger partial charge in [0.25, 0.3) is 0 Å². The van der Waals surface area contributed by atoms with Gasteiger partial charge in [-0.2, -0.15) is 4.98 Å². The van der Waals surface area contributed by atoms with E-state index in [0.29, 0.717) is 18.4 Å². The highest BCUT2D eigenvalue weighted by atomic mass is 32.2. The molecule has 11 heteroatoms. The smallest absolute Gasteiger partial charge is 0.315 e. The maximum absolute atomic E-state index is 13.3. The van der Waals surface area contributed by atoms with Gasteiger partial charge in [0.05, 0.1) is 18.3 Å². The van der Waals surface area contributed by atoms with Crippen LogP contribution < -0.4 is 15.4 Å². The Hall–Kier alpha value is -2.53. The third-order valence-corrected chi connectivity index (χ3v) is 5.55. The highest BCUT2D eigenvalue weighted by Gasteiger charge is 2.35. The van der Waals surface area contributed by atoms with E-state index in [4.69, 9.17) is 4.52 Å². The number of carbonyl (C=O) groups excluding carboxylic acids is 1.